The van der Waals surface area contributed by atoms with Gasteiger partial charge in [-0.05, 0) is 43.1 Å². The molecule has 0 fully saturated rings. The van der Waals surface area contributed by atoms with Crippen LogP contribution in [0.2, 0.25) is 0 Å². The number of hydrogen-bond acceptors (Lipinski definition) is 6. The van der Waals surface area contributed by atoms with Gasteiger partial charge in [0.25, 0.3) is 5.69 Å². The number of nitrogens with one attached hydrogen (secondary N) is 2. The molecule has 0 saturated heterocycles. The molecule has 0 saturated carbocycles. The second kappa shape index (κ2) is 11.6. The maximum absolute atomic E-state index is 12.0. The van der Waals surface area contributed by atoms with Gasteiger partial charge in [-0.2, -0.15) is 0 Å². The van der Waals surface area contributed by atoms with Crippen molar-refractivity contribution in [3.8, 4) is 0 Å². The molecule has 0 bridgehead atoms. The number of benzene rings is 2. The minimum atomic E-state index is -0.516. The Labute approximate surface area is 179 Å². The van der Waals surface area contributed by atoms with Crippen LogP contribution in [0.1, 0.15) is 30.4 Å². The molecule has 0 aliphatic rings. The molecule has 0 aliphatic carbocycles. The number of rotatable bonds is 9. The highest BCUT2D eigenvalue weighted by Gasteiger charge is 2.12. The number of nitro benzene ring substituents is 1. The lowest BCUT2D eigenvalue weighted by Gasteiger charge is -2.11. The first kappa shape index (κ1) is 23.0. The van der Waals surface area contributed by atoms with Crippen LogP contribution in [-0.2, 0) is 20.7 Å². The molecule has 158 valence electrons. The molecule has 0 unspecified atom stereocenters. The molecule has 0 spiro atoms. The molecule has 0 aliphatic heterocycles. The van der Waals surface area contributed by atoms with Crippen LogP contribution in [0.4, 0.5) is 11.4 Å². The van der Waals surface area contributed by atoms with Gasteiger partial charge in [-0.25, -0.2) is 0 Å². The number of carbonyl (C=O) groups is 2. The van der Waals surface area contributed by atoms with E-state index in [9.17, 15) is 19.7 Å². The largest absolute Gasteiger partial charge is 0.466 e. The zero-order valence-electron chi connectivity index (χ0n) is 16.6. The first-order valence-corrected chi connectivity index (χ1v) is 9.81. The molecule has 0 atom stereocenters. The van der Waals surface area contributed by atoms with Crippen LogP contribution >= 0.6 is 12.2 Å². The minimum absolute atomic E-state index is 0.000161. The molecular weight excluding hydrogens is 406 g/mol. The normalized spacial score (nSPS) is 10.2. The SMILES string of the molecule is Cc1ccc([N+](=O)[O-])cc1NC(=S)NC(=O)CCC(=O)OCCCc1ccccc1. The summed E-state index contributed by atoms with van der Waals surface area (Å²) >= 11 is 5.06. The van der Waals surface area contributed by atoms with Crippen LogP contribution in [-0.4, -0.2) is 28.5 Å². The van der Waals surface area contributed by atoms with Gasteiger partial charge in [0.1, 0.15) is 0 Å². The molecule has 0 heterocycles. The molecule has 0 aromatic heterocycles. The van der Waals surface area contributed by atoms with Gasteiger partial charge < -0.3 is 15.4 Å². The summed E-state index contributed by atoms with van der Waals surface area (Å²) in [6.45, 7) is 2.05. The third-order valence-corrected chi connectivity index (χ3v) is 4.41. The van der Waals surface area contributed by atoms with Gasteiger partial charge in [0.2, 0.25) is 5.91 Å². The Morgan fingerprint density at radius 2 is 1.87 bits per heavy atom. The average molecular weight is 429 g/mol. The molecule has 9 heteroatoms. The van der Waals surface area contributed by atoms with Crippen molar-refractivity contribution in [2.75, 3.05) is 11.9 Å². The maximum Gasteiger partial charge on any atom is 0.306 e. The van der Waals surface area contributed by atoms with Gasteiger partial charge in [0.15, 0.2) is 5.11 Å². The van der Waals surface area contributed by atoms with Gasteiger partial charge >= 0.3 is 5.97 Å². The Kier molecular flexibility index (Phi) is 8.89. The molecule has 1 amide bonds. The van der Waals surface area contributed by atoms with Crippen molar-refractivity contribution in [3.05, 3.63) is 69.8 Å². The highest BCUT2D eigenvalue weighted by molar-refractivity contribution is 7.80. The first-order valence-electron chi connectivity index (χ1n) is 9.40. The summed E-state index contributed by atoms with van der Waals surface area (Å²) < 4.78 is 5.13. The van der Waals surface area contributed by atoms with E-state index in [-0.39, 0.29) is 23.6 Å². The Morgan fingerprint density at radius 1 is 1.13 bits per heavy atom. The summed E-state index contributed by atoms with van der Waals surface area (Å²) in [6.07, 6.45) is 1.38. The van der Waals surface area contributed by atoms with Crippen molar-refractivity contribution in [2.24, 2.45) is 0 Å². The maximum atomic E-state index is 12.0. The van der Waals surface area contributed by atoms with Crippen molar-refractivity contribution in [2.45, 2.75) is 32.6 Å². The fourth-order valence-electron chi connectivity index (χ4n) is 2.60. The highest BCUT2D eigenvalue weighted by Crippen LogP contribution is 2.21. The Hall–Kier alpha value is -3.33. The fraction of sp³-hybridized carbons (Fsp3) is 0.286. The number of non-ortho nitro benzene ring substituents is 1. The van der Waals surface area contributed by atoms with Crippen molar-refractivity contribution in [3.63, 3.8) is 0 Å². The molecule has 30 heavy (non-hydrogen) atoms. The summed E-state index contributed by atoms with van der Waals surface area (Å²) in [6, 6.07) is 14.2. The zero-order chi connectivity index (χ0) is 21.9. The van der Waals surface area contributed by atoms with Gasteiger partial charge in [0, 0.05) is 24.2 Å². The summed E-state index contributed by atoms with van der Waals surface area (Å²) in [5.74, 6) is -0.900. The lowest BCUT2D eigenvalue weighted by atomic mass is 10.1. The molecule has 0 radical (unpaired) electrons. The van der Waals surface area contributed by atoms with Crippen molar-refractivity contribution in [1.29, 1.82) is 0 Å². The van der Waals surface area contributed by atoms with Gasteiger partial charge in [0.05, 0.1) is 18.0 Å². The number of nitrogens with zero attached hydrogens (tertiary/aromatic N) is 1. The highest BCUT2D eigenvalue weighted by atomic mass is 32.1. The lowest BCUT2D eigenvalue weighted by molar-refractivity contribution is -0.384. The number of thiocarbonyl (C=S) groups is 1. The summed E-state index contributed by atoms with van der Waals surface area (Å²) in [5, 5.41) is 16.1. The molecule has 2 N–H and O–H groups in total. The minimum Gasteiger partial charge on any atom is -0.466 e. The predicted octanol–water partition coefficient (Wildman–Crippen LogP) is 3.67. The monoisotopic (exact) mass is 429 g/mol. The number of ether oxygens (including phenoxy) is 1. The molecule has 2 aromatic rings. The standard InChI is InChI=1S/C21H23N3O5S/c1-15-9-10-17(24(27)28)14-18(15)22-21(30)23-19(25)11-12-20(26)29-13-5-8-16-6-3-2-4-7-16/h2-4,6-7,9-10,14H,5,8,11-13H2,1H3,(H2,22,23,25,30). The van der Waals surface area contributed by atoms with Crippen LogP contribution in [0.5, 0.6) is 0 Å². The molecule has 2 aromatic carbocycles. The third-order valence-electron chi connectivity index (χ3n) is 4.20. The number of amides is 1. The van der Waals surface area contributed by atoms with E-state index in [0.29, 0.717) is 18.7 Å². The quantitative estimate of drug-likeness (QED) is 0.206. The summed E-state index contributed by atoms with van der Waals surface area (Å²) in [7, 11) is 0. The topological polar surface area (TPSA) is 111 Å². The number of aryl methyl sites for hydroxylation is 2. The van der Waals surface area contributed by atoms with Gasteiger partial charge in [-0.1, -0.05) is 36.4 Å². The Bertz CT molecular complexity index is 918. The smallest absolute Gasteiger partial charge is 0.306 e. The number of anilines is 1. The lowest BCUT2D eigenvalue weighted by Crippen LogP contribution is -2.34. The van der Waals surface area contributed by atoms with Crippen LogP contribution < -0.4 is 10.6 Å². The number of carbonyl (C=O) groups excluding carboxylic acids is 2. The molecular formula is C21H23N3O5S. The van der Waals surface area contributed by atoms with Gasteiger partial charge in [-0.15, -0.1) is 0 Å². The first-order chi connectivity index (χ1) is 14.3. The van der Waals surface area contributed by atoms with Crippen molar-refractivity contribution < 1.29 is 19.2 Å². The third kappa shape index (κ3) is 7.96. The Morgan fingerprint density at radius 3 is 2.57 bits per heavy atom. The van der Waals surface area contributed by atoms with E-state index in [0.717, 1.165) is 12.0 Å². The van der Waals surface area contributed by atoms with Crippen LogP contribution in [0.15, 0.2) is 48.5 Å². The summed E-state index contributed by atoms with van der Waals surface area (Å²) in [5.41, 5.74) is 2.24. The predicted molar refractivity (Wildman–Crippen MR) is 117 cm³/mol. The number of nitro groups is 1. The van der Waals surface area contributed by atoms with Crippen LogP contribution in [0.3, 0.4) is 0 Å². The van der Waals surface area contributed by atoms with E-state index in [2.05, 4.69) is 10.6 Å². The second-order valence-corrected chi connectivity index (χ2v) is 6.98. The van der Waals surface area contributed by atoms with Crippen LogP contribution in [0, 0.1) is 17.0 Å². The van der Waals surface area contributed by atoms with E-state index < -0.39 is 16.8 Å². The Balaban J connectivity index is 1.67. The van der Waals surface area contributed by atoms with E-state index in [1.165, 1.54) is 17.7 Å². The number of hydrogen-bond donors (Lipinski definition) is 2. The van der Waals surface area contributed by atoms with E-state index in [1.54, 1.807) is 13.0 Å². The van der Waals surface area contributed by atoms with E-state index >= 15 is 0 Å². The number of esters is 1. The fourth-order valence-corrected chi connectivity index (χ4v) is 2.82. The van der Waals surface area contributed by atoms with Crippen molar-refractivity contribution >= 4 is 40.6 Å². The van der Waals surface area contributed by atoms with E-state index in [4.69, 9.17) is 17.0 Å². The zero-order valence-corrected chi connectivity index (χ0v) is 17.4. The second-order valence-electron chi connectivity index (χ2n) is 6.57. The van der Waals surface area contributed by atoms with E-state index in [1.807, 2.05) is 30.3 Å². The molecule has 2 rings (SSSR count). The van der Waals surface area contributed by atoms with Gasteiger partial charge in [-0.3, -0.25) is 19.7 Å². The van der Waals surface area contributed by atoms with Crippen molar-refractivity contribution in [1.82, 2.24) is 5.32 Å². The summed E-state index contributed by atoms with van der Waals surface area (Å²) in [4.78, 5) is 34.1. The van der Waals surface area contributed by atoms with Crippen LogP contribution in [0.25, 0.3) is 0 Å². The average Bonchev–Trinajstić information content (AvgIpc) is 2.72. The molecule has 8 nitrogen and oxygen atoms in total.